The fourth-order valence-electron chi connectivity index (χ4n) is 3.08. The van der Waals surface area contributed by atoms with Crippen LogP contribution in [0.25, 0.3) is 0 Å². The Kier molecular flexibility index (Phi) is 4.24. The van der Waals surface area contributed by atoms with Gasteiger partial charge in [0, 0.05) is 17.9 Å². The maximum Gasteiger partial charge on any atom is 0.249 e. The van der Waals surface area contributed by atoms with Crippen LogP contribution in [0.5, 0.6) is 5.75 Å². The number of carbonyl (C=O) groups excluding carboxylic acids is 1. The zero-order valence-electron chi connectivity index (χ0n) is 13.8. The number of benzene rings is 2. The predicted molar refractivity (Wildman–Crippen MR) is 93.3 cm³/mol. The highest BCUT2D eigenvalue weighted by Crippen LogP contribution is 2.28. The van der Waals surface area contributed by atoms with Crippen LogP contribution in [0.2, 0.25) is 0 Å². The summed E-state index contributed by atoms with van der Waals surface area (Å²) in [4.78, 5) is 14.6. The Bertz CT molecular complexity index is 727. The molecule has 1 unspecified atom stereocenters. The first-order valence-electron chi connectivity index (χ1n) is 7.90. The molecule has 0 radical (unpaired) electrons. The fraction of sp³-hybridized carbons (Fsp3) is 0.316. The molecule has 0 aliphatic carbocycles. The van der Waals surface area contributed by atoms with Crippen molar-refractivity contribution in [2.45, 2.75) is 26.3 Å². The lowest BCUT2D eigenvalue weighted by molar-refractivity contribution is -0.118. The number of fused-ring (bicyclic) bond motifs is 1. The normalized spacial score (nSPS) is 14.3. The Morgan fingerprint density at radius 2 is 2.04 bits per heavy atom. The maximum absolute atomic E-state index is 12.8. The monoisotopic (exact) mass is 310 g/mol. The van der Waals surface area contributed by atoms with Gasteiger partial charge in [0.05, 0.1) is 7.11 Å². The number of ether oxygens (including phenoxy) is 1. The van der Waals surface area contributed by atoms with Gasteiger partial charge in [0.25, 0.3) is 0 Å². The van der Waals surface area contributed by atoms with Crippen molar-refractivity contribution < 1.29 is 9.53 Å². The SMILES string of the molecule is COc1ccc(NC(C)C(=O)N2CCc3ccccc32)cc1C. The molecular formula is C19H22N2O2. The van der Waals surface area contributed by atoms with Gasteiger partial charge in [-0.05, 0) is 55.7 Å². The third-order valence-corrected chi connectivity index (χ3v) is 4.30. The van der Waals surface area contributed by atoms with E-state index in [9.17, 15) is 4.79 Å². The number of nitrogens with zero attached hydrogens (tertiary/aromatic N) is 1. The maximum atomic E-state index is 12.8. The molecule has 1 aliphatic heterocycles. The second-order valence-electron chi connectivity index (χ2n) is 5.92. The highest BCUT2D eigenvalue weighted by atomic mass is 16.5. The number of hydrogen-bond donors (Lipinski definition) is 1. The van der Waals surface area contributed by atoms with Gasteiger partial charge < -0.3 is 15.0 Å². The van der Waals surface area contributed by atoms with Gasteiger partial charge in [0.2, 0.25) is 5.91 Å². The number of methoxy groups -OCH3 is 1. The second-order valence-corrected chi connectivity index (χ2v) is 5.92. The van der Waals surface area contributed by atoms with Crippen molar-refractivity contribution in [3.05, 3.63) is 53.6 Å². The summed E-state index contributed by atoms with van der Waals surface area (Å²) in [5.74, 6) is 0.950. The molecule has 1 atom stereocenters. The molecule has 1 aliphatic rings. The van der Waals surface area contributed by atoms with E-state index in [1.807, 2.05) is 55.1 Å². The minimum absolute atomic E-state index is 0.100. The summed E-state index contributed by atoms with van der Waals surface area (Å²) in [6, 6.07) is 13.7. The number of aryl methyl sites for hydroxylation is 1. The number of amides is 1. The molecule has 4 nitrogen and oxygen atoms in total. The number of para-hydroxylation sites is 1. The fourth-order valence-corrected chi connectivity index (χ4v) is 3.08. The van der Waals surface area contributed by atoms with Crippen molar-refractivity contribution in [3.8, 4) is 5.75 Å². The van der Waals surface area contributed by atoms with E-state index in [0.29, 0.717) is 0 Å². The van der Waals surface area contributed by atoms with Crippen LogP contribution < -0.4 is 15.0 Å². The number of anilines is 2. The molecule has 120 valence electrons. The smallest absolute Gasteiger partial charge is 0.249 e. The molecule has 1 N–H and O–H groups in total. The summed E-state index contributed by atoms with van der Waals surface area (Å²) in [5, 5.41) is 3.29. The predicted octanol–water partition coefficient (Wildman–Crippen LogP) is 3.39. The molecule has 0 saturated heterocycles. The Morgan fingerprint density at radius 1 is 1.26 bits per heavy atom. The van der Waals surface area contributed by atoms with E-state index in [4.69, 9.17) is 4.74 Å². The van der Waals surface area contributed by atoms with Gasteiger partial charge >= 0.3 is 0 Å². The summed E-state index contributed by atoms with van der Waals surface area (Å²) in [5.41, 5.74) is 4.26. The molecule has 4 heteroatoms. The van der Waals surface area contributed by atoms with Gasteiger partial charge in [-0.3, -0.25) is 4.79 Å². The highest BCUT2D eigenvalue weighted by Gasteiger charge is 2.27. The van der Waals surface area contributed by atoms with E-state index in [-0.39, 0.29) is 11.9 Å². The van der Waals surface area contributed by atoms with E-state index in [2.05, 4.69) is 11.4 Å². The average Bonchev–Trinajstić information content (AvgIpc) is 2.98. The molecule has 0 fully saturated rings. The van der Waals surface area contributed by atoms with Crippen LogP contribution in [0.3, 0.4) is 0 Å². The Labute approximate surface area is 137 Å². The van der Waals surface area contributed by atoms with Crippen molar-refractivity contribution in [1.82, 2.24) is 0 Å². The Morgan fingerprint density at radius 3 is 2.78 bits per heavy atom. The summed E-state index contributed by atoms with van der Waals surface area (Å²) >= 11 is 0. The van der Waals surface area contributed by atoms with Gasteiger partial charge in [0.1, 0.15) is 11.8 Å². The molecule has 23 heavy (non-hydrogen) atoms. The largest absolute Gasteiger partial charge is 0.496 e. The van der Waals surface area contributed by atoms with E-state index in [1.165, 1.54) is 5.56 Å². The van der Waals surface area contributed by atoms with Crippen LogP contribution >= 0.6 is 0 Å². The van der Waals surface area contributed by atoms with Crippen LogP contribution in [-0.4, -0.2) is 25.6 Å². The van der Waals surface area contributed by atoms with Crippen molar-refractivity contribution in [3.63, 3.8) is 0 Å². The topological polar surface area (TPSA) is 41.6 Å². The van der Waals surface area contributed by atoms with Gasteiger partial charge in [-0.25, -0.2) is 0 Å². The van der Waals surface area contributed by atoms with Gasteiger partial charge in [-0.1, -0.05) is 18.2 Å². The lowest BCUT2D eigenvalue weighted by atomic mass is 10.1. The zero-order chi connectivity index (χ0) is 16.4. The molecule has 1 amide bonds. The summed E-state index contributed by atoms with van der Waals surface area (Å²) in [7, 11) is 1.66. The van der Waals surface area contributed by atoms with E-state index >= 15 is 0 Å². The van der Waals surface area contributed by atoms with E-state index in [0.717, 1.165) is 35.7 Å². The molecule has 2 aromatic rings. The number of hydrogen-bond acceptors (Lipinski definition) is 3. The van der Waals surface area contributed by atoms with E-state index in [1.54, 1.807) is 7.11 Å². The van der Waals surface area contributed by atoms with Gasteiger partial charge in [-0.15, -0.1) is 0 Å². The number of nitrogens with one attached hydrogen (secondary N) is 1. The van der Waals surface area contributed by atoms with Crippen molar-refractivity contribution in [1.29, 1.82) is 0 Å². The van der Waals surface area contributed by atoms with Crippen LogP contribution in [0, 0.1) is 6.92 Å². The lowest BCUT2D eigenvalue weighted by Crippen LogP contribution is -2.40. The van der Waals surface area contributed by atoms with E-state index < -0.39 is 0 Å². The van der Waals surface area contributed by atoms with Crippen LogP contribution in [-0.2, 0) is 11.2 Å². The standard InChI is InChI=1S/C19H22N2O2/c1-13-12-16(8-9-18(13)23-3)20-14(2)19(22)21-11-10-15-6-4-5-7-17(15)21/h4-9,12,14,20H,10-11H2,1-3H3. The molecule has 0 saturated carbocycles. The third-order valence-electron chi connectivity index (χ3n) is 4.30. The second kappa shape index (κ2) is 6.32. The summed E-state index contributed by atoms with van der Waals surface area (Å²) in [6.45, 7) is 4.65. The lowest BCUT2D eigenvalue weighted by Gasteiger charge is -2.23. The Balaban J connectivity index is 1.72. The third kappa shape index (κ3) is 3.02. The van der Waals surface area contributed by atoms with Crippen molar-refractivity contribution in [2.24, 2.45) is 0 Å². The summed E-state index contributed by atoms with van der Waals surface area (Å²) in [6.07, 6.45) is 0.927. The molecule has 2 aromatic carbocycles. The number of carbonyl (C=O) groups is 1. The van der Waals surface area contributed by atoms with Crippen LogP contribution in [0.1, 0.15) is 18.1 Å². The van der Waals surface area contributed by atoms with Gasteiger partial charge in [0.15, 0.2) is 0 Å². The first kappa shape index (κ1) is 15.4. The molecule has 3 rings (SSSR count). The van der Waals surface area contributed by atoms with Crippen molar-refractivity contribution in [2.75, 3.05) is 23.9 Å². The van der Waals surface area contributed by atoms with Crippen LogP contribution in [0.15, 0.2) is 42.5 Å². The molecule has 0 spiro atoms. The average molecular weight is 310 g/mol. The zero-order valence-corrected chi connectivity index (χ0v) is 13.8. The first-order chi connectivity index (χ1) is 11.1. The highest BCUT2D eigenvalue weighted by molar-refractivity contribution is 6.00. The Hall–Kier alpha value is -2.49. The minimum Gasteiger partial charge on any atom is -0.496 e. The molecule has 1 heterocycles. The minimum atomic E-state index is -0.283. The molecule has 0 aromatic heterocycles. The number of rotatable bonds is 4. The van der Waals surface area contributed by atoms with Crippen molar-refractivity contribution >= 4 is 17.3 Å². The first-order valence-corrected chi connectivity index (χ1v) is 7.90. The summed E-state index contributed by atoms with van der Waals surface area (Å²) < 4.78 is 5.27. The molecular weight excluding hydrogens is 288 g/mol. The van der Waals surface area contributed by atoms with Crippen LogP contribution in [0.4, 0.5) is 11.4 Å². The molecule has 0 bridgehead atoms. The quantitative estimate of drug-likeness (QED) is 0.941. The van der Waals surface area contributed by atoms with Gasteiger partial charge in [-0.2, -0.15) is 0 Å².